The summed E-state index contributed by atoms with van der Waals surface area (Å²) in [6.45, 7) is 12.7. The first-order valence-corrected chi connectivity index (χ1v) is 10.0. The fourth-order valence-corrected chi connectivity index (χ4v) is 2.54. The van der Waals surface area contributed by atoms with Crippen molar-refractivity contribution in [3.63, 3.8) is 0 Å². The summed E-state index contributed by atoms with van der Waals surface area (Å²) in [5.74, 6) is 0.0102. The van der Waals surface area contributed by atoms with Crippen LogP contribution in [0.4, 0.5) is 0 Å². The number of benzene rings is 1. The summed E-state index contributed by atoms with van der Waals surface area (Å²) >= 11 is 0. The van der Waals surface area contributed by atoms with Crippen LogP contribution in [-0.4, -0.2) is 19.4 Å². The van der Waals surface area contributed by atoms with Crippen LogP contribution in [0.2, 0.25) is 18.1 Å². The minimum atomic E-state index is -1.80. The van der Waals surface area contributed by atoms with E-state index in [9.17, 15) is 9.90 Å². The summed E-state index contributed by atoms with van der Waals surface area (Å²) < 4.78 is 11.2. The Balaban J connectivity index is 2.84. The van der Waals surface area contributed by atoms with E-state index >= 15 is 0 Å². The van der Waals surface area contributed by atoms with E-state index < -0.39 is 14.3 Å². The molecule has 0 unspecified atom stereocenters. The van der Waals surface area contributed by atoms with E-state index in [0.29, 0.717) is 17.9 Å². The van der Waals surface area contributed by atoms with Gasteiger partial charge in [-0.05, 0) is 35.8 Å². The Morgan fingerprint density at radius 1 is 1.29 bits per heavy atom. The van der Waals surface area contributed by atoms with Crippen LogP contribution in [-0.2, 0) is 22.4 Å². The van der Waals surface area contributed by atoms with Gasteiger partial charge in [0, 0.05) is 12.5 Å². The molecule has 1 aromatic rings. The number of esters is 1. The molecule has 0 amide bonds. The highest BCUT2D eigenvalue weighted by molar-refractivity contribution is 6.74. The maximum absolute atomic E-state index is 11.0. The highest BCUT2D eigenvalue weighted by Gasteiger charge is 2.37. The molecule has 1 N–H and O–H groups in total. The molecule has 0 saturated heterocycles. The van der Waals surface area contributed by atoms with Crippen LogP contribution in [0.15, 0.2) is 18.2 Å². The third-order valence-electron chi connectivity index (χ3n) is 3.95. The Morgan fingerprint density at radius 3 is 2.38 bits per heavy atom. The fraction of sp³-hybridized carbons (Fsp3) is 0.562. The average molecular weight is 310 g/mol. The molecule has 118 valence electrons. The number of rotatable bonds is 5. The number of aliphatic hydroxyl groups excluding tert-OH is 1. The van der Waals surface area contributed by atoms with Crippen LogP contribution in [0.1, 0.15) is 38.8 Å². The van der Waals surface area contributed by atoms with Crippen molar-refractivity contribution in [3.05, 3.63) is 29.3 Å². The molecule has 0 radical (unpaired) electrons. The normalized spacial score (nSPS) is 12.3. The number of aliphatic hydroxyl groups is 1. The smallest absolute Gasteiger partial charge is 0.308 e. The first kappa shape index (κ1) is 17.9. The van der Waals surface area contributed by atoms with Gasteiger partial charge in [-0.15, -0.1) is 0 Å². The van der Waals surface area contributed by atoms with Gasteiger partial charge < -0.3 is 14.3 Å². The van der Waals surface area contributed by atoms with Crippen LogP contribution in [0.25, 0.3) is 0 Å². The van der Waals surface area contributed by atoms with E-state index in [1.54, 1.807) is 6.07 Å². The van der Waals surface area contributed by atoms with Gasteiger partial charge in [0.15, 0.2) is 8.32 Å². The topological polar surface area (TPSA) is 55.8 Å². The second-order valence-corrected chi connectivity index (χ2v) is 11.6. The van der Waals surface area contributed by atoms with Crippen molar-refractivity contribution < 1.29 is 19.1 Å². The van der Waals surface area contributed by atoms with Crippen molar-refractivity contribution in [2.24, 2.45) is 0 Å². The first-order valence-electron chi connectivity index (χ1n) is 7.12. The summed E-state index contributed by atoms with van der Waals surface area (Å²) in [6.07, 6.45) is 0. The predicted octanol–water partition coefficient (Wildman–Crippen LogP) is 3.63. The lowest BCUT2D eigenvalue weighted by Gasteiger charge is -2.36. The Hall–Kier alpha value is -1.17. The zero-order valence-corrected chi connectivity index (χ0v) is 14.8. The van der Waals surface area contributed by atoms with Crippen LogP contribution in [0, 0.1) is 0 Å². The van der Waals surface area contributed by atoms with Gasteiger partial charge in [-0.1, -0.05) is 26.8 Å². The molecule has 0 aliphatic heterocycles. The molecule has 21 heavy (non-hydrogen) atoms. The molecule has 0 aromatic heterocycles. The van der Waals surface area contributed by atoms with Crippen molar-refractivity contribution in [1.29, 1.82) is 0 Å². The van der Waals surface area contributed by atoms with Crippen molar-refractivity contribution >= 4 is 14.3 Å². The van der Waals surface area contributed by atoms with Gasteiger partial charge in [-0.3, -0.25) is 4.79 Å². The zero-order valence-electron chi connectivity index (χ0n) is 13.8. The highest BCUT2D eigenvalue weighted by Crippen LogP contribution is 2.37. The molecule has 0 atom stereocenters. The highest BCUT2D eigenvalue weighted by atomic mass is 28.4. The van der Waals surface area contributed by atoms with Crippen LogP contribution < -0.4 is 4.74 Å². The summed E-state index contributed by atoms with van der Waals surface area (Å²) in [6, 6.07) is 5.40. The number of ether oxygens (including phenoxy) is 1. The molecule has 5 heteroatoms. The summed E-state index contributed by atoms with van der Waals surface area (Å²) in [4.78, 5) is 11.0. The number of carbonyl (C=O) groups excluding carboxylic acids is 1. The van der Waals surface area contributed by atoms with Crippen molar-refractivity contribution in [2.45, 2.75) is 59.0 Å². The predicted molar refractivity (Wildman–Crippen MR) is 85.7 cm³/mol. The third-order valence-corrected chi connectivity index (χ3v) is 8.43. The Kier molecular flexibility index (Phi) is 5.73. The molecule has 1 rings (SSSR count). The first-order chi connectivity index (χ1) is 9.56. The van der Waals surface area contributed by atoms with E-state index in [1.807, 2.05) is 12.1 Å². The molecule has 0 spiro atoms. The van der Waals surface area contributed by atoms with Crippen molar-refractivity contribution in [2.75, 3.05) is 0 Å². The zero-order chi connectivity index (χ0) is 16.3. The lowest BCUT2D eigenvalue weighted by atomic mass is 10.1. The number of hydrogen-bond acceptors (Lipinski definition) is 4. The monoisotopic (exact) mass is 310 g/mol. The Labute approximate surface area is 128 Å². The van der Waals surface area contributed by atoms with Gasteiger partial charge in [0.05, 0.1) is 13.2 Å². The van der Waals surface area contributed by atoms with Crippen LogP contribution in [0.3, 0.4) is 0 Å². The number of hydrogen-bond donors (Lipinski definition) is 1. The van der Waals surface area contributed by atoms with Crippen LogP contribution in [0.5, 0.6) is 5.75 Å². The maximum Gasteiger partial charge on any atom is 0.308 e. The molecule has 0 heterocycles. The third kappa shape index (κ3) is 4.95. The molecular formula is C16H26O4Si. The van der Waals surface area contributed by atoms with Gasteiger partial charge in [0.25, 0.3) is 0 Å². The summed E-state index contributed by atoms with van der Waals surface area (Å²) in [5.41, 5.74) is 1.57. The average Bonchev–Trinajstić information content (AvgIpc) is 2.35. The molecule has 0 fully saturated rings. The SMILES string of the molecule is CC(=O)Oc1ccc(CO[Si](C)(C)C(C)(C)C)cc1CO. The molecule has 4 nitrogen and oxygen atoms in total. The summed E-state index contributed by atoms with van der Waals surface area (Å²) in [5, 5.41) is 9.55. The van der Waals surface area contributed by atoms with E-state index in [1.165, 1.54) is 6.92 Å². The van der Waals surface area contributed by atoms with Gasteiger partial charge >= 0.3 is 5.97 Å². The van der Waals surface area contributed by atoms with Crippen molar-refractivity contribution in [3.8, 4) is 5.75 Å². The quantitative estimate of drug-likeness (QED) is 0.512. The molecule has 1 aromatic carbocycles. The van der Waals surface area contributed by atoms with Gasteiger partial charge in [-0.2, -0.15) is 0 Å². The molecular weight excluding hydrogens is 284 g/mol. The van der Waals surface area contributed by atoms with E-state index in [0.717, 1.165) is 5.56 Å². The van der Waals surface area contributed by atoms with Gasteiger partial charge in [-0.25, -0.2) is 0 Å². The standard InChI is InChI=1S/C16H26O4Si/c1-12(18)20-15-8-7-13(9-14(15)10-17)11-19-21(5,6)16(2,3)4/h7-9,17H,10-11H2,1-6H3. The van der Waals surface area contributed by atoms with E-state index in [4.69, 9.17) is 9.16 Å². The lowest BCUT2D eigenvalue weighted by molar-refractivity contribution is -0.131. The molecule has 0 saturated carbocycles. The minimum absolute atomic E-state index is 0.157. The largest absolute Gasteiger partial charge is 0.426 e. The Bertz CT molecular complexity index is 503. The van der Waals surface area contributed by atoms with Crippen molar-refractivity contribution in [1.82, 2.24) is 0 Å². The molecule has 0 bridgehead atoms. The van der Waals surface area contributed by atoms with Crippen LogP contribution >= 0.6 is 0 Å². The Morgan fingerprint density at radius 2 is 1.90 bits per heavy atom. The van der Waals surface area contributed by atoms with Gasteiger partial charge in [0.2, 0.25) is 0 Å². The lowest BCUT2D eigenvalue weighted by Crippen LogP contribution is -2.40. The van der Waals surface area contributed by atoms with E-state index in [2.05, 4.69) is 33.9 Å². The summed E-state index contributed by atoms with van der Waals surface area (Å²) in [7, 11) is -1.80. The van der Waals surface area contributed by atoms with E-state index in [-0.39, 0.29) is 11.6 Å². The minimum Gasteiger partial charge on any atom is -0.426 e. The second-order valence-electron chi connectivity index (χ2n) is 6.74. The molecule has 0 aliphatic carbocycles. The number of carbonyl (C=O) groups is 1. The van der Waals surface area contributed by atoms with Gasteiger partial charge in [0.1, 0.15) is 5.75 Å². The second kappa shape index (κ2) is 6.73. The fourth-order valence-electron chi connectivity index (χ4n) is 1.58. The maximum atomic E-state index is 11.0. The molecule has 0 aliphatic rings.